The van der Waals surface area contributed by atoms with Crippen LogP contribution in [0.15, 0.2) is 86.1 Å². The molecule has 0 unspecified atom stereocenters. The largest absolute Gasteiger partial charge is 0.451 e. The van der Waals surface area contributed by atoms with Gasteiger partial charge in [-0.2, -0.15) is 0 Å². The van der Waals surface area contributed by atoms with E-state index in [2.05, 4.69) is 26.2 Å². The van der Waals surface area contributed by atoms with Crippen LogP contribution >= 0.6 is 39.1 Å². The number of nitrogens with zero attached hydrogens (tertiary/aromatic N) is 1. The first-order valence-electron chi connectivity index (χ1n) is 9.49. The molecule has 0 aliphatic carbocycles. The fourth-order valence-corrected chi connectivity index (χ4v) is 3.89. The van der Waals surface area contributed by atoms with Crippen molar-refractivity contribution in [3.63, 3.8) is 0 Å². The van der Waals surface area contributed by atoms with Gasteiger partial charge in [-0.3, -0.25) is 4.79 Å². The minimum atomic E-state index is -0.372. The minimum Gasteiger partial charge on any atom is -0.451 e. The molecule has 0 radical (unpaired) electrons. The molecule has 1 amide bonds. The molecule has 158 valence electrons. The van der Waals surface area contributed by atoms with Crippen LogP contribution < -0.4 is 5.32 Å². The Hall–Kier alpha value is -3.06. The highest BCUT2D eigenvalue weighted by Crippen LogP contribution is 2.33. The molecular weight excluding hydrogens is 515 g/mol. The average Bonchev–Trinajstić information content (AvgIpc) is 3.43. The van der Waals surface area contributed by atoms with Gasteiger partial charge in [0.05, 0.1) is 10.6 Å². The molecule has 0 saturated carbocycles. The van der Waals surface area contributed by atoms with Gasteiger partial charge in [0.1, 0.15) is 11.3 Å². The van der Waals surface area contributed by atoms with Crippen LogP contribution in [0.25, 0.3) is 33.9 Å². The summed E-state index contributed by atoms with van der Waals surface area (Å²) in [5.41, 5.74) is 3.24. The van der Waals surface area contributed by atoms with Gasteiger partial charge in [0.25, 0.3) is 5.91 Å². The zero-order valence-electron chi connectivity index (χ0n) is 16.2. The van der Waals surface area contributed by atoms with Crippen LogP contribution in [0.3, 0.4) is 0 Å². The van der Waals surface area contributed by atoms with E-state index in [1.807, 2.05) is 24.3 Å². The number of rotatable bonds is 4. The summed E-state index contributed by atoms with van der Waals surface area (Å²) in [6.07, 6.45) is 0. The van der Waals surface area contributed by atoms with Gasteiger partial charge < -0.3 is 14.2 Å². The lowest BCUT2D eigenvalue weighted by atomic mass is 10.2. The van der Waals surface area contributed by atoms with E-state index in [0.717, 1.165) is 10.0 Å². The number of amides is 1. The van der Waals surface area contributed by atoms with Crippen LogP contribution in [0.4, 0.5) is 5.69 Å². The molecule has 0 atom stereocenters. The number of hydrogen-bond acceptors (Lipinski definition) is 4. The monoisotopic (exact) mass is 526 g/mol. The number of nitrogens with one attached hydrogen (secondary N) is 1. The van der Waals surface area contributed by atoms with Crippen LogP contribution in [0.1, 0.15) is 10.6 Å². The normalized spacial score (nSPS) is 11.1. The molecule has 0 bridgehead atoms. The van der Waals surface area contributed by atoms with Gasteiger partial charge in [0.2, 0.25) is 5.89 Å². The SMILES string of the molecule is O=C(Nc1ccc2oc(-c3cc(Br)ccc3Cl)nc2c1)c1ccc(-c2ccc(Cl)cc2)o1. The predicted octanol–water partition coefficient (Wildman–Crippen LogP) is 8.08. The maximum Gasteiger partial charge on any atom is 0.291 e. The molecule has 32 heavy (non-hydrogen) atoms. The Morgan fingerprint density at radius 2 is 1.72 bits per heavy atom. The highest BCUT2D eigenvalue weighted by Gasteiger charge is 2.15. The molecule has 5 aromatic rings. The predicted molar refractivity (Wildman–Crippen MR) is 129 cm³/mol. The molecule has 0 aliphatic heterocycles. The second-order valence-corrected chi connectivity index (χ2v) is 8.71. The van der Waals surface area contributed by atoms with Crippen molar-refractivity contribution in [2.45, 2.75) is 0 Å². The van der Waals surface area contributed by atoms with Crippen LogP contribution in [0.5, 0.6) is 0 Å². The van der Waals surface area contributed by atoms with Crippen molar-refractivity contribution in [3.8, 4) is 22.8 Å². The fourth-order valence-electron chi connectivity index (χ4n) is 3.20. The van der Waals surface area contributed by atoms with E-state index in [9.17, 15) is 4.79 Å². The van der Waals surface area contributed by atoms with Gasteiger partial charge in [-0.15, -0.1) is 0 Å². The van der Waals surface area contributed by atoms with Crippen molar-refractivity contribution < 1.29 is 13.6 Å². The lowest BCUT2D eigenvalue weighted by molar-refractivity contribution is 0.0997. The molecule has 5 nitrogen and oxygen atoms in total. The maximum absolute atomic E-state index is 12.7. The van der Waals surface area contributed by atoms with E-state index in [1.54, 1.807) is 48.5 Å². The summed E-state index contributed by atoms with van der Waals surface area (Å²) in [4.78, 5) is 17.2. The Morgan fingerprint density at radius 1 is 0.906 bits per heavy atom. The summed E-state index contributed by atoms with van der Waals surface area (Å²) in [6, 6.07) is 21.2. The van der Waals surface area contributed by atoms with Gasteiger partial charge in [0.15, 0.2) is 11.3 Å². The Kier molecular flexibility index (Phi) is 5.51. The quantitative estimate of drug-likeness (QED) is 0.256. The zero-order chi connectivity index (χ0) is 22.2. The van der Waals surface area contributed by atoms with Gasteiger partial charge in [0, 0.05) is 20.7 Å². The number of anilines is 1. The van der Waals surface area contributed by atoms with Crippen molar-refractivity contribution in [1.82, 2.24) is 4.98 Å². The number of benzene rings is 3. The van der Waals surface area contributed by atoms with Crippen molar-refractivity contribution in [2.75, 3.05) is 5.32 Å². The maximum atomic E-state index is 12.7. The topological polar surface area (TPSA) is 68.3 Å². The summed E-state index contributed by atoms with van der Waals surface area (Å²) in [5.74, 6) is 0.794. The van der Waals surface area contributed by atoms with Crippen LogP contribution in [-0.2, 0) is 0 Å². The number of carbonyl (C=O) groups is 1. The average molecular weight is 528 g/mol. The van der Waals surface area contributed by atoms with Gasteiger partial charge >= 0.3 is 0 Å². The van der Waals surface area contributed by atoms with Crippen molar-refractivity contribution in [1.29, 1.82) is 0 Å². The first kappa shape index (κ1) is 20.8. The molecule has 2 aromatic heterocycles. The first-order valence-corrected chi connectivity index (χ1v) is 11.0. The Bertz CT molecular complexity index is 1460. The Balaban J connectivity index is 1.38. The van der Waals surface area contributed by atoms with E-state index in [-0.39, 0.29) is 11.7 Å². The number of fused-ring (bicyclic) bond motifs is 1. The molecule has 8 heteroatoms. The first-order chi connectivity index (χ1) is 15.5. The molecule has 1 N–H and O–H groups in total. The van der Waals surface area contributed by atoms with Gasteiger partial charge in [-0.25, -0.2) is 4.98 Å². The van der Waals surface area contributed by atoms with Crippen LogP contribution in [0, 0.1) is 0 Å². The molecular formula is C24H13BrCl2N2O3. The summed E-state index contributed by atoms with van der Waals surface area (Å²) in [7, 11) is 0. The Labute approximate surface area is 201 Å². The number of furan rings is 1. The second kappa shape index (κ2) is 8.47. The minimum absolute atomic E-state index is 0.191. The summed E-state index contributed by atoms with van der Waals surface area (Å²) in [6.45, 7) is 0. The number of aromatic nitrogens is 1. The molecule has 3 aromatic carbocycles. The second-order valence-electron chi connectivity index (χ2n) is 6.95. The molecule has 0 fully saturated rings. The third-order valence-electron chi connectivity index (χ3n) is 4.76. The highest BCUT2D eigenvalue weighted by molar-refractivity contribution is 9.10. The summed E-state index contributed by atoms with van der Waals surface area (Å²) < 4.78 is 12.4. The van der Waals surface area contributed by atoms with E-state index >= 15 is 0 Å². The smallest absolute Gasteiger partial charge is 0.291 e. The van der Waals surface area contributed by atoms with E-state index < -0.39 is 0 Å². The highest BCUT2D eigenvalue weighted by atomic mass is 79.9. The van der Waals surface area contributed by atoms with Crippen LogP contribution in [-0.4, -0.2) is 10.9 Å². The molecule has 5 rings (SSSR count). The molecule has 0 saturated heterocycles. The fraction of sp³-hybridized carbons (Fsp3) is 0. The van der Waals surface area contributed by atoms with Crippen LogP contribution in [0.2, 0.25) is 10.0 Å². The van der Waals surface area contributed by atoms with Crippen molar-refractivity contribution in [2.24, 2.45) is 0 Å². The van der Waals surface area contributed by atoms with E-state index in [1.165, 1.54) is 0 Å². The number of carbonyl (C=O) groups excluding carboxylic acids is 1. The standard InChI is InChI=1S/C24H13BrCl2N2O3/c25-14-3-7-18(27)17(11-14)24-29-19-12-16(6-8-21(19)32-24)28-23(30)22-10-9-20(31-22)13-1-4-15(26)5-2-13/h1-12H,(H,28,30). The molecule has 0 aliphatic rings. The van der Waals surface area contributed by atoms with Gasteiger partial charge in [-0.1, -0.05) is 39.1 Å². The third kappa shape index (κ3) is 4.17. The van der Waals surface area contributed by atoms with Gasteiger partial charge in [-0.05, 0) is 72.8 Å². The summed E-state index contributed by atoms with van der Waals surface area (Å²) in [5, 5.41) is 3.99. The lowest BCUT2D eigenvalue weighted by Crippen LogP contribution is -2.10. The number of oxazole rings is 1. The number of hydrogen-bond donors (Lipinski definition) is 1. The van der Waals surface area contributed by atoms with Crippen molar-refractivity contribution >= 4 is 61.8 Å². The van der Waals surface area contributed by atoms with E-state index in [0.29, 0.717) is 44.0 Å². The number of halogens is 3. The molecule has 2 heterocycles. The zero-order valence-corrected chi connectivity index (χ0v) is 19.3. The summed E-state index contributed by atoms with van der Waals surface area (Å²) >= 11 is 15.6. The van der Waals surface area contributed by atoms with Crippen molar-refractivity contribution in [3.05, 3.63) is 93.1 Å². The lowest BCUT2D eigenvalue weighted by Gasteiger charge is -2.02. The Morgan fingerprint density at radius 3 is 2.53 bits per heavy atom. The third-order valence-corrected chi connectivity index (χ3v) is 5.84. The van der Waals surface area contributed by atoms with E-state index in [4.69, 9.17) is 32.0 Å². The molecule has 0 spiro atoms.